The zero-order valence-corrected chi connectivity index (χ0v) is 32.0. The molecule has 282 valence electrons. The highest BCUT2D eigenvalue weighted by molar-refractivity contribution is 5.96. The van der Waals surface area contributed by atoms with Crippen molar-refractivity contribution in [3.8, 4) is 0 Å². The zero-order chi connectivity index (χ0) is 39.1. The first kappa shape index (κ1) is 39.2. The average molecular weight is 735 g/mol. The fraction of sp³-hybridized carbons (Fsp3) is 0.333. The van der Waals surface area contributed by atoms with Gasteiger partial charge in [0, 0.05) is 47.1 Å². The Bertz CT molecular complexity index is 2300. The van der Waals surface area contributed by atoms with E-state index in [4.69, 9.17) is 28.9 Å². The van der Waals surface area contributed by atoms with Crippen molar-refractivity contribution in [3.05, 3.63) is 93.6 Å². The number of aromatic nitrogens is 4. The number of aryl methyl sites for hydroxylation is 3. The molecule has 12 nitrogen and oxygen atoms in total. The molecule has 12 heteroatoms. The number of H-pyrrole nitrogens is 2. The number of esters is 4. The molecule has 5 heterocycles. The van der Waals surface area contributed by atoms with Gasteiger partial charge in [-0.25, -0.2) is 19.6 Å². The third kappa shape index (κ3) is 8.60. The Morgan fingerprint density at radius 2 is 1.04 bits per heavy atom. The summed E-state index contributed by atoms with van der Waals surface area (Å²) in [5.41, 5.74) is 13.6. The smallest absolute Gasteiger partial charge is 0.330 e. The van der Waals surface area contributed by atoms with Gasteiger partial charge in [0.2, 0.25) is 0 Å². The summed E-state index contributed by atoms with van der Waals surface area (Å²) >= 11 is 0. The van der Waals surface area contributed by atoms with Crippen LogP contribution in [0.15, 0.2) is 48.6 Å². The van der Waals surface area contributed by atoms with E-state index < -0.39 is 11.9 Å². The number of nitrogens with zero attached hydrogens (tertiary/aromatic N) is 2. The average Bonchev–Trinajstić information content (AvgIpc) is 3.82. The second-order valence-electron chi connectivity index (χ2n) is 13.1. The van der Waals surface area contributed by atoms with Gasteiger partial charge in [-0.05, 0) is 122 Å². The third-order valence-electron chi connectivity index (χ3n) is 9.97. The summed E-state index contributed by atoms with van der Waals surface area (Å²) in [6.07, 6.45) is 8.39. The number of carbonyl (C=O) groups is 4. The van der Waals surface area contributed by atoms with Crippen LogP contribution in [0.1, 0.15) is 84.6 Å². The van der Waals surface area contributed by atoms with Gasteiger partial charge < -0.3 is 28.9 Å². The maximum atomic E-state index is 12.3. The molecule has 3 aromatic heterocycles. The van der Waals surface area contributed by atoms with Crippen LogP contribution in [0.2, 0.25) is 0 Å². The van der Waals surface area contributed by atoms with Crippen molar-refractivity contribution in [3.63, 3.8) is 0 Å². The van der Waals surface area contributed by atoms with E-state index in [-0.39, 0.29) is 24.8 Å². The number of rotatable bonds is 12. The Hall–Kier alpha value is -6.04. The molecule has 0 aromatic carbocycles. The minimum atomic E-state index is -0.448. The minimum absolute atomic E-state index is 0.173. The highest BCUT2D eigenvalue weighted by Crippen LogP contribution is 2.38. The lowest BCUT2D eigenvalue weighted by Gasteiger charge is -2.04. The van der Waals surface area contributed by atoms with E-state index in [0.717, 1.165) is 78.0 Å². The third-order valence-corrected chi connectivity index (χ3v) is 9.97. The molecule has 0 amide bonds. The fourth-order valence-electron chi connectivity index (χ4n) is 6.71. The van der Waals surface area contributed by atoms with Gasteiger partial charge in [-0.3, -0.25) is 9.59 Å². The second kappa shape index (κ2) is 17.2. The monoisotopic (exact) mass is 734 g/mol. The molecular weight excluding hydrogens is 688 g/mol. The molecule has 0 saturated carbocycles. The van der Waals surface area contributed by atoms with Crippen LogP contribution >= 0.6 is 0 Å². The van der Waals surface area contributed by atoms with E-state index in [1.165, 1.54) is 40.6 Å². The molecule has 2 aliphatic heterocycles. The Kier molecular flexibility index (Phi) is 12.5. The number of ether oxygens (including phenoxy) is 4. The highest BCUT2D eigenvalue weighted by atomic mass is 16.5. The Morgan fingerprint density at radius 1 is 0.556 bits per heavy atom. The summed E-state index contributed by atoms with van der Waals surface area (Å²) in [5, 5.41) is 0. The van der Waals surface area contributed by atoms with Crippen LogP contribution in [0, 0.1) is 13.8 Å². The minimum Gasteiger partial charge on any atom is -0.469 e. The molecular formula is C42H46N4O8. The highest BCUT2D eigenvalue weighted by Gasteiger charge is 2.22. The van der Waals surface area contributed by atoms with Crippen molar-refractivity contribution in [1.29, 1.82) is 0 Å². The number of carbonyl (C=O) groups excluding carboxylic acids is 4. The Labute approximate surface area is 314 Å². The van der Waals surface area contributed by atoms with E-state index in [1.54, 1.807) is 12.2 Å². The van der Waals surface area contributed by atoms with Crippen LogP contribution < -0.4 is 0 Å². The summed E-state index contributed by atoms with van der Waals surface area (Å²) in [6.45, 7) is 8.01. The van der Waals surface area contributed by atoms with Crippen molar-refractivity contribution in [2.75, 3.05) is 28.4 Å². The maximum absolute atomic E-state index is 12.3. The number of methoxy groups -OCH3 is 4. The SMILES string of the molecule is COC(=O)/C=C\Cc1c(C)c2cc3nc(cc4nc(cc5[nH]c(cc1[nH]2)c(C)c5CCC(=O)OC)C(CCC(=O)OC)=C4C)C(C)=C3C/C=C/C(=O)OC. The van der Waals surface area contributed by atoms with Crippen molar-refractivity contribution in [2.45, 2.75) is 66.2 Å². The fourth-order valence-corrected chi connectivity index (χ4v) is 6.71. The van der Waals surface area contributed by atoms with E-state index in [9.17, 15) is 19.2 Å². The lowest BCUT2D eigenvalue weighted by molar-refractivity contribution is -0.141. The number of aromatic amines is 2. The van der Waals surface area contributed by atoms with Crippen LogP contribution in [-0.2, 0) is 51.0 Å². The van der Waals surface area contributed by atoms with Gasteiger partial charge in [0.25, 0.3) is 0 Å². The van der Waals surface area contributed by atoms with Gasteiger partial charge in [0.1, 0.15) is 0 Å². The quantitative estimate of drug-likeness (QED) is 0.110. The summed E-state index contributed by atoms with van der Waals surface area (Å²) in [6, 6.07) is 7.95. The maximum Gasteiger partial charge on any atom is 0.330 e. The number of nitrogens with one attached hydrogen (secondary N) is 2. The predicted octanol–water partition coefficient (Wildman–Crippen LogP) is 7.24. The molecule has 0 saturated heterocycles. The molecule has 0 unspecified atom stereocenters. The first-order valence-electron chi connectivity index (χ1n) is 17.7. The first-order valence-corrected chi connectivity index (χ1v) is 17.7. The molecule has 0 aliphatic carbocycles. The van der Waals surface area contributed by atoms with E-state index in [0.29, 0.717) is 37.1 Å². The van der Waals surface area contributed by atoms with Crippen molar-refractivity contribution in [1.82, 2.24) is 19.9 Å². The first-order chi connectivity index (χ1) is 25.9. The standard InChI is InChI=1S/C42H46N4O8/c1-23-27(11-9-13-39(47)51-5)35-20-33-24(2)28(12-10-14-40(48)52-6)36(45-33)21-34-26(4)30(16-18-42(50)54-8)38(46-34)22-37-29(15-17-41(49)53-7)25(3)32(44-37)19-31(23)43-35/h9-10,13-14,19-22,45-46H,11-12,15-18H2,1-8H3/b13-9+,14-10-,31-19?,32-19?,33-20?,34-21?,35-20?,36-21?,37-22?,38-22?. The van der Waals surface area contributed by atoms with Crippen LogP contribution in [0.3, 0.4) is 0 Å². The van der Waals surface area contributed by atoms with E-state index >= 15 is 0 Å². The summed E-state index contributed by atoms with van der Waals surface area (Å²) in [7, 11) is 5.42. The van der Waals surface area contributed by atoms with Gasteiger partial charge in [0.05, 0.1) is 51.2 Å². The van der Waals surface area contributed by atoms with Crippen LogP contribution in [0.25, 0.3) is 44.4 Å². The number of hydrogen-bond donors (Lipinski definition) is 2. The lowest BCUT2D eigenvalue weighted by atomic mass is 9.99. The van der Waals surface area contributed by atoms with E-state index in [1.807, 2.05) is 52.0 Å². The largest absolute Gasteiger partial charge is 0.469 e. The molecule has 3 aromatic rings. The number of hydrogen-bond acceptors (Lipinski definition) is 10. The van der Waals surface area contributed by atoms with Crippen molar-refractivity contribution >= 4 is 68.2 Å². The Balaban J connectivity index is 1.87. The lowest BCUT2D eigenvalue weighted by Crippen LogP contribution is -2.02. The van der Waals surface area contributed by atoms with Crippen LogP contribution in [0.4, 0.5) is 0 Å². The van der Waals surface area contributed by atoms with E-state index in [2.05, 4.69) is 9.97 Å². The normalized spacial score (nSPS) is 12.9. The van der Waals surface area contributed by atoms with Crippen molar-refractivity contribution < 1.29 is 38.1 Å². The number of allylic oxidation sites excluding steroid dienone is 6. The summed E-state index contributed by atoms with van der Waals surface area (Å²) < 4.78 is 19.6. The molecule has 8 bridgehead atoms. The van der Waals surface area contributed by atoms with Gasteiger partial charge in [-0.1, -0.05) is 12.2 Å². The van der Waals surface area contributed by atoms with Crippen LogP contribution in [-0.4, -0.2) is 72.3 Å². The van der Waals surface area contributed by atoms with Crippen molar-refractivity contribution in [2.24, 2.45) is 0 Å². The van der Waals surface area contributed by atoms with Crippen LogP contribution in [0.5, 0.6) is 0 Å². The van der Waals surface area contributed by atoms with Gasteiger partial charge in [0.15, 0.2) is 0 Å². The van der Waals surface area contributed by atoms with Gasteiger partial charge >= 0.3 is 23.9 Å². The zero-order valence-electron chi connectivity index (χ0n) is 32.0. The second-order valence-corrected chi connectivity index (χ2v) is 13.1. The molecule has 0 spiro atoms. The topological polar surface area (TPSA) is 163 Å². The summed E-state index contributed by atoms with van der Waals surface area (Å²) in [5.74, 6) is -1.54. The van der Waals surface area contributed by atoms with Gasteiger partial charge in [-0.2, -0.15) is 0 Å². The molecule has 0 fully saturated rings. The molecule has 54 heavy (non-hydrogen) atoms. The molecule has 0 radical (unpaired) electrons. The molecule has 5 rings (SSSR count). The molecule has 2 N–H and O–H groups in total. The number of fused-ring (bicyclic) bond motifs is 8. The van der Waals surface area contributed by atoms with Gasteiger partial charge in [-0.15, -0.1) is 0 Å². The molecule has 0 atom stereocenters. The molecule has 2 aliphatic rings. The summed E-state index contributed by atoms with van der Waals surface area (Å²) in [4.78, 5) is 65.9. The predicted molar refractivity (Wildman–Crippen MR) is 208 cm³/mol. The Morgan fingerprint density at radius 3 is 1.63 bits per heavy atom.